The maximum atomic E-state index is 12.2. The van der Waals surface area contributed by atoms with E-state index >= 15 is 0 Å². The van der Waals surface area contributed by atoms with Crippen molar-refractivity contribution in [3.63, 3.8) is 0 Å². The summed E-state index contributed by atoms with van der Waals surface area (Å²) in [5.74, 6) is 0.386. The highest BCUT2D eigenvalue weighted by Gasteiger charge is 2.30. The Morgan fingerprint density at radius 1 is 1.45 bits per heavy atom. The minimum atomic E-state index is -0.223. The number of aromatic hydroxyl groups is 1. The van der Waals surface area contributed by atoms with Crippen LogP contribution in [0.5, 0.6) is 5.75 Å². The van der Waals surface area contributed by atoms with Crippen molar-refractivity contribution < 1.29 is 9.90 Å². The Morgan fingerprint density at radius 2 is 2.20 bits per heavy atom. The number of halogens is 1. The molecule has 0 saturated carbocycles. The van der Waals surface area contributed by atoms with E-state index in [2.05, 4.69) is 15.2 Å². The molecule has 108 valence electrons. The number of amides is 1. The lowest BCUT2D eigenvalue weighted by atomic mass is 9.94. The van der Waals surface area contributed by atoms with Gasteiger partial charge in [0.1, 0.15) is 5.69 Å². The van der Waals surface area contributed by atoms with Crippen molar-refractivity contribution in [3.05, 3.63) is 23.0 Å². The molecule has 5 nitrogen and oxygen atoms in total. The zero-order valence-electron chi connectivity index (χ0n) is 11.2. The fourth-order valence-electron chi connectivity index (χ4n) is 3.10. The summed E-state index contributed by atoms with van der Waals surface area (Å²) >= 11 is 5.80. The first-order chi connectivity index (χ1) is 9.61. The van der Waals surface area contributed by atoms with Crippen molar-refractivity contribution in [1.29, 1.82) is 0 Å². The van der Waals surface area contributed by atoms with Gasteiger partial charge in [0.2, 0.25) is 0 Å². The molecule has 1 aromatic heterocycles. The second kappa shape index (κ2) is 5.58. The maximum absolute atomic E-state index is 12.2. The smallest absolute Gasteiger partial charge is 0.270 e. The Balaban J connectivity index is 1.67. The lowest BCUT2D eigenvalue weighted by molar-refractivity contribution is 0.0923. The van der Waals surface area contributed by atoms with Crippen molar-refractivity contribution in [2.75, 3.05) is 19.6 Å². The van der Waals surface area contributed by atoms with E-state index in [9.17, 15) is 9.90 Å². The third kappa shape index (κ3) is 2.88. The van der Waals surface area contributed by atoms with E-state index in [1.807, 2.05) is 0 Å². The maximum Gasteiger partial charge on any atom is 0.270 e. The van der Waals surface area contributed by atoms with E-state index in [1.54, 1.807) is 0 Å². The van der Waals surface area contributed by atoms with Crippen molar-refractivity contribution in [1.82, 2.24) is 15.2 Å². The van der Waals surface area contributed by atoms with Crippen LogP contribution in [0.3, 0.4) is 0 Å². The monoisotopic (exact) mass is 295 g/mol. The Kier molecular flexibility index (Phi) is 3.81. The SMILES string of the molecule is O=C(NC1CC2CCN(CC2)C1)c1cc(Cl)c(O)cn1. The molecule has 4 heterocycles. The summed E-state index contributed by atoms with van der Waals surface area (Å²) < 4.78 is 0. The van der Waals surface area contributed by atoms with Gasteiger partial charge in [-0.05, 0) is 44.3 Å². The van der Waals surface area contributed by atoms with Gasteiger partial charge in [-0.3, -0.25) is 4.79 Å². The largest absolute Gasteiger partial charge is 0.505 e. The van der Waals surface area contributed by atoms with E-state index in [-0.39, 0.29) is 28.4 Å². The highest BCUT2D eigenvalue weighted by Crippen LogP contribution is 2.27. The molecule has 0 radical (unpaired) electrons. The molecule has 3 aliphatic heterocycles. The van der Waals surface area contributed by atoms with Crippen LogP contribution in [0, 0.1) is 5.92 Å². The zero-order chi connectivity index (χ0) is 14.1. The van der Waals surface area contributed by atoms with Crippen LogP contribution in [0.4, 0.5) is 0 Å². The number of pyridine rings is 1. The van der Waals surface area contributed by atoms with Gasteiger partial charge in [-0.25, -0.2) is 4.98 Å². The Bertz CT molecular complexity index is 501. The van der Waals surface area contributed by atoms with Crippen LogP contribution in [0.15, 0.2) is 12.3 Å². The summed E-state index contributed by atoms with van der Waals surface area (Å²) in [5.41, 5.74) is 0.249. The van der Waals surface area contributed by atoms with Gasteiger partial charge in [0.15, 0.2) is 5.75 Å². The van der Waals surface area contributed by atoms with Crippen molar-refractivity contribution >= 4 is 17.5 Å². The lowest BCUT2D eigenvalue weighted by Crippen LogP contribution is -2.42. The second-order valence-electron chi connectivity index (χ2n) is 5.67. The number of hydrogen-bond acceptors (Lipinski definition) is 4. The minimum Gasteiger partial charge on any atom is -0.505 e. The molecule has 0 spiro atoms. The van der Waals surface area contributed by atoms with Gasteiger partial charge in [0.25, 0.3) is 5.91 Å². The van der Waals surface area contributed by atoms with E-state index in [4.69, 9.17) is 11.6 Å². The van der Waals surface area contributed by atoms with Gasteiger partial charge >= 0.3 is 0 Å². The predicted octanol–water partition coefficient (Wildman–Crippen LogP) is 1.65. The van der Waals surface area contributed by atoms with Crippen molar-refractivity contribution in [2.24, 2.45) is 5.92 Å². The number of nitrogens with one attached hydrogen (secondary N) is 1. The molecule has 0 aromatic carbocycles. The number of fused-ring (bicyclic) bond motifs is 4. The molecule has 3 saturated heterocycles. The van der Waals surface area contributed by atoms with Crippen molar-refractivity contribution in [2.45, 2.75) is 25.3 Å². The molecule has 6 heteroatoms. The summed E-state index contributed by atoms with van der Waals surface area (Å²) in [5, 5.41) is 12.5. The molecule has 4 rings (SSSR count). The van der Waals surface area contributed by atoms with Crippen LogP contribution < -0.4 is 5.32 Å². The Morgan fingerprint density at radius 3 is 2.90 bits per heavy atom. The molecule has 1 atom stereocenters. The number of carbonyl (C=O) groups is 1. The van der Waals surface area contributed by atoms with E-state index in [1.165, 1.54) is 25.1 Å². The molecule has 3 aliphatic rings. The fraction of sp³-hybridized carbons (Fsp3) is 0.571. The molecule has 2 bridgehead atoms. The Labute approximate surface area is 122 Å². The van der Waals surface area contributed by atoms with Gasteiger partial charge in [-0.1, -0.05) is 11.6 Å². The van der Waals surface area contributed by atoms with E-state index in [0.29, 0.717) is 0 Å². The fourth-order valence-corrected chi connectivity index (χ4v) is 3.26. The van der Waals surface area contributed by atoms with Crippen LogP contribution >= 0.6 is 11.6 Å². The number of rotatable bonds is 2. The predicted molar refractivity (Wildman–Crippen MR) is 75.9 cm³/mol. The van der Waals surface area contributed by atoms with Crippen LogP contribution in [-0.2, 0) is 0 Å². The van der Waals surface area contributed by atoms with Gasteiger partial charge in [0, 0.05) is 12.6 Å². The highest BCUT2D eigenvalue weighted by molar-refractivity contribution is 6.32. The highest BCUT2D eigenvalue weighted by atomic mass is 35.5. The van der Waals surface area contributed by atoms with Crippen LogP contribution in [0.1, 0.15) is 29.8 Å². The molecule has 1 aromatic rings. The van der Waals surface area contributed by atoms with Gasteiger partial charge in [-0.2, -0.15) is 0 Å². The van der Waals surface area contributed by atoms with Crippen LogP contribution in [0.25, 0.3) is 0 Å². The van der Waals surface area contributed by atoms with Crippen LogP contribution in [-0.4, -0.2) is 46.6 Å². The molecule has 3 fully saturated rings. The molecule has 1 unspecified atom stereocenters. The standard InChI is InChI=1S/C14H18ClN3O2/c15-11-6-12(16-7-13(11)19)14(20)17-10-5-9-1-3-18(8-10)4-2-9/h6-7,9-10,19H,1-5,8H2,(H,17,20). The zero-order valence-corrected chi connectivity index (χ0v) is 11.9. The molecule has 0 aliphatic carbocycles. The third-order valence-corrected chi connectivity index (χ3v) is 4.51. The average molecular weight is 296 g/mol. The summed E-state index contributed by atoms with van der Waals surface area (Å²) in [7, 11) is 0. The number of carbonyl (C=O) groups excluding carboxylic acids is 1. The van der Waals surface area contributed by atoms with Crippen molar-refractivity contribution in [3.8, 4) is 5.75 Å². The number of hydrogen-bond donors (Lipinski definition) is 2. The topological polar surface area (TPSA) is 65.5 Å². The summed E-state index contributed by atoms with van der Waals surface area (Å²) in [6.45, 7) is 3.19. The number of piperidine rings is 1. The van der Waals surface area contributed by atoms with E-state index in [0.717, 1.165) is 32.0 Å². The van der Waals surface area contributed by atoms with Gasteiger partial charge in [-0.15, -0.1) is 0 Å². The molecule has 2 N–H and O–H groups in total. The quantitative estimate of drug-likeness (QED) is 0.871. The van der Waals surface area contributed by atoms with Gasteiger partial charge in [0.05, 0.1) is 11.2 Å². The summed E-state index contributed by atoms with van der Waals surface area (Å²) in [4.78, 5) is 18.5. The first-order valence-corrected chi connectivity index (χ1v) is 7.37. The summed E-state index contributed by atoms with van der Waals surface area (Å²) in [6.07, 6.45) is 4.71. The van der Waals surface area contributed by atoms with E-state index < -0.39 is 0 Å². The molecular weight excluding hydrogens is 278 g/mol. The lowest BCUT2D eigenvalue weighted by Gasteiger charge is -2.26. The Hall–Kier alpha value is -1.33. The second-order valence-corrected chi connectivity index (χ2v) is 6.08. The first kappa shape index (κ1) is 13.6. The molecule has 20 heavy (non-hydrogen) atoms. The summed E-state index contributed by atoms with van der Waals surface area (Å²) in [6, 6.07) is 1.57. The van der Waals surface area contributed by atoms with Crippen LogP contribution in [0.2, 0.25) is 5.02 Å². The minimum absolute atomic E-state index is 0.109. The third-order valence-electron chi connectivity index (χ3n) is 4.21. The van der Waals surface area contributed by atoms with Gasteiger partial charge < -0.3 is 15.3 Å². The average Bonchev–Trinajstić information content (AvgIpc) is 2.74. The first-order valence-electron chi connectivity index (χ1n) is 6.99. The molecular formula is C14H18ClN3O2. The molecule has 1 amide bonds. The number of nitrogens with zero attached hydrogens (tertiary/aromatic N) is 2. The normalized spacial score (nSPS) is 28.9. The number of aromatic nitrogens is 1.